The Kier molecular flexibility index (Phi) is 5.94. The minimum atomic E-state index is -0.788. The van der Waals surface area contributed by atoms with E-state index in [0.717, 1.165) is 77.5 Å². The molecule has 3 N–H and O–H groups in total. The van der Waals surface area contributed by atoms with Crippen molar-refractivity contribution in [1.29, 1.82) is 0 Å². The highest BCUT2D eigenvalue weighted by Crippen LogP contribution is 2.43. The molecule has 8 rings (SSSR count). The van der Waals surface area contributed by atoms with Gasteiger partial charge in [0.2, 0.25) is 5.88 Å². The molecule has 4 fully saturated rings. The molecule has 0 amide bonds. The first-order valence-electron chi connectivity index (χ1n) is 15.3. The number of H-pyrrole nitrogens is 1. The van der Waals surface area contributed by atoms with Gasteiger partial charge in [-0.05, 0) is 72.7 Å². The first kappa shape index (κ1) is 25.4. The Balaban J connectivity index is 1.26. The number of rotatable bonds is 6. The van der Waals surface area contributed by atoms with Crippen LogP contribution in [-0.4, -0.2) is 76.6 Å². The number of pyridine rings is 1. The summed E-state index contributed by atoms with van der Waals surface area (Å²) in [6.45, 7) is 5.89. The molecule has 4 aromatic rings. The highest BCUT2D eigenvalue weighted by atomic mass is 19.1. The lowest BCUT2D eigenvalue weighted by Gasteiger charge is -2.34. The van der Waals surface area contributed by atoms with Gasteiger partial charge < -0.3 is 25.0 Å². The maximum absolute atomic E-state index is 14.5. The summed E-state index contributed by atoms with van der Waals surface area (Å²) >= 11 is 0. The monoisotopic (exact) mass is 555 g/mol. The van der Waals surface area contributed by atoms with Gasteiger partial charge >= 0.3 is 0 Å². The largest absolute Gasteiger partial charge is 0.508 e. The summed E-state index contributed by atoms with van der Waals surface area (Å²) in [4.78, 5) is 13.4. The average molecular weight is 556 g/mol. The Labute approximate surface area is 239 Å². The molecule has 0 spiro atoms. The van der Waals surface area contributed by atoms with Gasteiger partial charge in [-0.2, -0.15) is 4.98 Å². The van der Waals surface area contributed by atoms with Crippen molar-refractivity contribution in [2.45, 2.75) is 69.2 Å². The molecule has 4 atom stereocenters. The van der Waals surface area contributed by atoms with Crippen LogP contribution in [0.5, 0.6) is 11.6 Å². The smallest absolute Gasteiger partial charge is 0.216 e. The number of aromatic nitrogens is 2. The van der Waals surface area contributed by atoms with Gasteiger partial charge in [0.15, 0.2) is 5.82 Å². The van der Waals surface area contributed by atoms with E-state index in [1.54, 1.807) is 0 Å². The SMILES string of the molecule is CCc1cccc2cc(O)cc(-c3c[nH]c4c(N5CC6CCC(C5)N6)nc(OC[C@@]56CCCN5C[C@H](F)C6)cc34)c12. The van der Waals surface area contributed by atoms with Crippen LogP contribution < -0.4 is 15.0 Å². The fourth-order valence-electron chi connectivity index (χ4n) is 8.23. The summed E-state index contributed by atoms with van der Waals surface area (Å²) in [5.41, 5.74) is 4.04. The lowest BCUT2D eigenvalue weighted by atomic mass is 9.93. The lowest BCUT2D eigenvalue weighted by molar-refractivity contribution is 0.111. The number of alkyl halides is 1. The molecule has 4 saturated heterocycles. The number of halogens is 1. The van der Waals surface area contributed by atoms with E-state index in [9.17, 15) is 9.50 Å². The van der Waals surface area contributed by atoms with Crippen molar-refractivity contribution in [3.63, 3.8) is 0 Å². The van der Waals surface area contributed by atoms with E-state index in [1.807, 2.05) is 18.2 Å². The molecule has 2 unspecified atom stereocenters. The summed E-state index contributed by atoms with van der Waals surface area (Å²) in [5.74, 6) is 1.75. The fourth-order valence-corrected chi connectivity index (χ4v) is 8.23. The van der Waals surface area contributed by atoms with Gasteiger partial charge in [0.25, 0.3) is 0 Å². The number of aromatic hydroxyl groups is 1. The minimum absolute atomic E-state index is 0.233. The third-order valence-corrected chi connectivity index (χ3v) is 10.1. The van der Waals surface area contributed by atoms with E-state index in [1.165, 1.54) is 18.4 Å². The molecule has 0 saturated carbocycles. The number of nitrogens with zero attached hydrogens (tertiary/aromatic N) is 3. The normalized spacial score (nSPS) is 27.8. The Morgan fingerprint density at radius 3 is 2.80 bits per heavy atom. The third kappa shape index (κ3) is 4.17. The standard InChI is InChI=1S/C33H38FN5O2/c1-2-20-5-3-6-21-11-25(40)12-26(30(20)21)28-15-35-31-27(28)13-29(37-32(31)38-17-23-7-8-24(18-38)36-23)41-19-33-9-4-10-39(33)16-22(34)14-33/h3,5-6,11-13,15,22-24,35-36,40H,2,4,7-10,14,16-19H2,1H3/t22-,23?,24?,33+/m1/s1. The number of ether oxygens (including phenoxy) is 1. The van der Waals surface area contributed by atoms with E-state index >= 15 is 0 Å². The summed E-state index contributed by atoms with van der Waals surface area (Å²) in [6, 6.07) is 13.0. The lowest BCUT2D eigenvalue weighted by Crippen LogP contribution is -2.51. The zero-order valence-corrected chi connectivity index (χ0v) is 23.6. The van der Waals surface area contributed by atoms with Gasteiger partial charge in [0.1, 0.15) is 18.5 Å². The number of phenols is 1. The van der Waals surface area contributed by atoms with Gasteiger partial charge in [-0.3, -0.25) is 4.90 Å². The molecule has 8 heteroatoms. The van der Waals surface area contributed by atoms with Gasteiger partial charge in [-0.1, -0.05) is 25.1 Å². The maximum Gasteiger partial charge on any atom is 0.216 e. The number of fused-ring (bicyclic) bond motifs is 5. The molecule has 0 aliphatic carbocycles. The van der Waals surface area contributed by atoms with E-state index < -0.39 is 6.17 Å². The Morgan fingerprint density at radius 2 is 1.98 bits per heavy atom. The van der Waals surface area contributed by atoms with Crippen LogP contribution in [0.3, 0.4) is 0 Å². The number of anilines is 1. The summed E-state index contributed by atoms with van der Waals surface area (Å²) in [5, 5.41) is 17.7. The van der Waals surface area contributed by atoms with Gasteiger partial charge in [0.05, 0.1) is 11.1 Å². The fraction of sp³-hybridized carbons (Fsp3) is 0.485. The molecule has 2 aromatic heterocycles. The molecule has 41 heavy (non-hydrogen) atoms. The minimum Gasteiger partial charge on any atom is -0.508 e. The molecule has 2 bridgehead atoms. The number of benzene rings is 2. The van der Waals surface area contributed by atoms with Crippen molar-refractivity contribution in [2.75, 3.05) is 37.7 Å². The second-order valence-electron chi connectivity index (χ2n) is 12.7. The topological polar surface area (TPSA) is 76.7 Å². The number of aromatic amines is 1. The molecule has 214 valence electrons. The molecular weight excluding hydrogens is 517 g/mol. The molecule has 7 nitrogen and oxygen atoms in total. The Bertz CT molecular complexity index is 1630. The average Bonchev–Trinajstić information content (AvgIpc) is 3.72. The Morgan fingerprint density at radius 1 is 1.12 bits per heavy atom. The predicted molar refractivity (Wildman–Crippen MR) is 161 cm³/mol. The second-order valence-corrected chi connectivity index (χ2v) is 12.7. The number of hydrogen-bond acceptors (Lipinski definition) is 6. The number of phenolic OH excluding ortho intramolecular Hbond substituents is 1. The van der Waals surface area contributed by atoms with Crippen LogP contribution in [0.2, 0.25) is 0 Å². The number of aryl methyl sites for hydroxylation is 1. The van der Waals surface area contributed by atoms with Crippen LogP contribution in [0, 0.1) is 0 Å². The molecule has 0 radical (unpaired) electrons. The molecular formula is C33H38FN5O2. The zero-order chi connectivity index (χ0) is 27.7. The zero-order valence-electron chi connectivity index (χ0n) is 23.6. The summed E-state index contributed by atoms with van der Waals surface area (Å²) in [6.07, 6.45) is 7.13. The van der Waals surface area contributed by atoms with Crippen molar-refractivity contribution in [3.8, 4) is 22.8 Å². The van der Waals surface area contributed by atoms with Crippen molar-refractivity contribution >= 4 is 27.5 Å². The van der Waals surface area contributed by atoms with E-state index in [4.69, 9.17) is 9.72 Å². The maximum atomic E-state index is 14.5. The van der Waals surface area contributed by atoms with Crippen molar-refractivity contribution in [3.05, 3.63) is 48.2 Å². The number of nitrogens with one attached hydrogen (secondary N) is 2. The molecule has 4 aliphatic heterocycles. The quantitative estimate of drug-likeness (QED) is 0.290. The summed E-state index contributed by atoms with van der Waals surface area (Å²) < 4.78 is 21.0. The first-order valence-corrected chi connectivity index (χ1v) is 15.3. The van der Waals surface area contributed by atoms with E-state index in [-0.39, 0.29) is 11.3 Å². The third-order valence-electron chi connectivity index (χ3n) is 10.1. The Hall–Kier alpha value is -3.36. The molecule has 4 aliphatic rings. The van der Waals surface area contributed by atoms with Crippen LogP contribution in [0.15, 0.2) is 42.6 Å². The predicted octanol–water partition coefficient (Wildman–Crippen LogP) is 5.55. The molecule has 6 heterocycles. The van der Waals surface area contributed by atoms with Gasteiger partial charge in [-0.15, -0.1) is 0 Å². The number of hydrogen-bond donors (Lipinski definition) is 3. The summed E-state index contributed by atoms with van der Waals surface area (Å²) in [7, 11) is 0. The number of piperazine rings is 1. The van der Waals surface area contributed by atoms with Crippen LogP contribution in [0.25, 0.3) is 32.8 Å². The van der Waals surface area contributed by atoms with Crippen LogP contribution in [-0.2, 0) is 6.42 Å². The van der Waals surface area contributed by atoms with Crippen LogP contribution in [0.1, 0.15) is 44.6 Å². The van der Waals surface area contributed by atoms with Crippen molar-refractivity contribution in [2.24, 2.45) is 0 Å². The first-order chi connectivity index (χ1) is 20.0. The van der Waals surface area contributed by atoms with Crippen LogP contribution >= 0.6 is 0 Å². The second kappa shape index (κ2) is 9.60. The van der Waals surface area contributed by atoms with Gasteiger partial charge in [0, 0.05) is 61.4 Å². The van der Waals surface area contributed by atoms with Crippen LogP contribution in [0.4, 0.5) is 10.2 Å². The van der Waals surface area contributed by atoms with Crippen molar-refractivity contribution < 1.29 is 14.2 Å². The highest BCUT2D eigenvalue weighted by Gasteiger charge is 2.49. The van der Waals surface area contributed by atoms with E-state index in [0.29, 0.717) is 37.5 Å². The highest BCUT2D eigenvalue weighted by molar-refractivity contribution is 6.09. The van der Waals surface area contributed by atoms with Crippen molar-refractivity contribution in [1.82, 2.24) is 20.2 Å². The van der Waals surface area contributed by atoms with Gasteiger partial charge in [-0.25, -0.2) is 4.39 Å². The molecule has 2 aromatic carbocycles. The van der Waals surface area contributed by atoms with E-state index in [2.05, 4.69) is 51.4 Å².